The summed E-state index contributed by atoms with van der Waals surface area (Å²) in [5.41, 5.74) is 1.24. The second kappa shape index (κ2) is 9.09. The number of hydrogen-bond acceptors (Lipinski definition) is 5. The third-order valence-corrected chi connectivity index (χ3v) is 7.23. The Hall–Kier alpha value is -2.25. The molecule has 2 atom stereocenters. The minimum absolute atomic E-state index is 0.0564. The Bertz CT molecular complexity index is 893. The molecule has 0 spiro atoms. The van der Waals surface area contributed by atoms with Gasteiger partial charge in [0.2, 0.25) is 5.91 Å². The Morgan fingerprint density at radius 1 is 1.06 bits per heavy atom. The number of rotatable bonds is 5. The van der Waals surface area contributed by atoms with Gasteiger partial charge in [-0.25, -0.2) is 0 Å². The van der Waals surface area contributed by atoms with E-state index in [0.717, 1.165) is 31.3 Å². The van der Waals surface area contributed by atoms with Gasteiger partial charge in [-0.1, -0.05) is 49.6 Å². The van der Waals surface area contributed by atoms with Crippen LogP contribution in [0.15, 0.2) is 30.3 Å². The maximum atomic E-state index is 12.9. The van der Waals surface area contributed by atoms with Crippen molar-refractivity contribution < 1.29 is 9.90 Å². The van der Waals surface area contributed by atoms with Gasteiger partial charge in [0.1, 0.15) is 0 Å². The molecule has 2 fully saturated rings. The van der Waals surface area contributed by atoms with Crippen molar-refractivity contribution in [3.63, 3.8) is 0 Å². The maximum Gasteiger partial charge on any atom is 0.223 e. The van der Waals surface area contributed by atoms with Crippen LogP contribution < -0.4 is 0 Å². The summed E-state index contributed by atoms with van der Waals surface area (Å²) in [7, 11) is 0. The number of hydrogen-bond donors (Lipinski definition) is 1. The second-order valence-electron chi connectivity index (χ2n) is 9.47. The lowest BCUT2D eigenvalue weighted by molar-refractivity contribution is -0.134. The molecule has 7 heteroatoms. The van der Waals surface area contributed by atoms with Crippen LogP contribution in [0.25, 0.3) is 0 Å². The van der Waals surface area contributed by atoms with E-state index >= 15 is 0 Å². The van der Waals surface area contributed by atoms with Crippen LogP contribution in [0.2, 0.25) is 0 Å². The minimum Gasteiger partial charge on any atom is -0.392 e. The fourth-order valence-corrected chi connectivity index (χ4v) is 5.55. The number of aromatic nitrogens is 3. The SMILES string of the molecule is O=C(CC1CCCCC1)N1CCn2c(nnc2C2CC(O)CN2Cc2ccccc2)C1. The normalized spacial score (nSPS) is 25.0. The lowest BCUT2D eigenvalue weighted by Crippen LogP contribution is -2.40. The van der Waals surface area contributed by atoms with Gasteiger partial charge >= 0.3 is 0 Å². The number of aliphatic hydroxyl groups is 1. The molecule has 2 aromatic rings. The van der Waals surface area contributed by atoms with Gasteiger partial charge in [0.15, 0.2) is 11.6 Å². The highest BCUT2D eigenvalue weighted by Gasteiger charge is 2.37. The van der Waals surface area contributed by atoms with E-state index in [1.807, 2.05) is 11.0 Å². The Morgan fingerprint density at radius 2 is 1.87 bits per heavy atom. The van der Waals surface area contributed by atoms with E-state index < -0.39 is 0 Å². The van der Waals surface area contributed by atoms with Crippen LogP contribution in [0.5, 0.6) is 0 Å². The first-order valence-electron chi connectivity index (χ1n) is 11.8. The van der Waals surface area contributed by atoms with Gasteiger partial charge in [-0.05, 0) is 30.7 Å². The number of β-amino-alcohol motifs (C(OH)–C–C–N with tert-alkyl or cyclic N) is 1. The number of carbonyl (C=O) groups excluding carboxylic acids is 1. The summed E-state index contributed by atoms with van der Waals surface area (Å²) in [4.78, 5) is 17.1. The molecule has 7 nitrogen and oxygen atoms in total. The largest absolute Gasteiger partial charge is 0.392 e. The predicted molar refractivity (Wildman–Crippen MR) is 117 cm³/mol. The lowest BCUT2D eigenvalue weighted by Gasteiger charge is -2.31. The third kappa shape index (κ3) is 4.53. The summed E-state index contributed by atoms with van der Waals surface area (Å²) in [5, 5.41) is 19.4. The van der Waals surface area contributed by atoms with Crippen LogP contribution in [0.1, 0.15) is 68.2 Å². The monoisotopic (exact) mass is 423 g/mol. The van der Waals surface area contributed by atoms with Crippen LogP contribution in [0, 0.1) is 5.92 Å². The smallest absolute Gasteiger partial charge is 0.223 e. The number of benzene rings is 1. The first kappa shape index (κ1) is 20.6. The fourth-order valence-electron chi connectivity index (χ4n) is 5.55. The summed E-state index contributed by atoms with van der Waals surface area (Å²) in [5.74, 6) is 2.63. The van der Waals surface area contributed by atoms with Crippen molar-refractivity contribution >= 4 is 5.91 Å². The zero-order chi connectivity index (χ0) is 21.2. The first-order valence-corrected chi connectivity index (χ1v) is 11.8. The number of carbonyl (C=O) groups is 1. The van der Waals surface area contributed by atoms with Gasteiger partial charge in [-0.3, -0.25) is 9.69 Å². The standard InChI is InChI=1S/C24H33N5O2/c30-20-14-21(28(16-20)15-19-9-5-2-6-10-19)24-26-25-22-17-27(11-12-29(22)24)23(31)13-18-7-3-1-4-8-18/h2,5-6,9-10,18,20-21,30H,1,3-4,7-8,11-17H2. The number of fused-ring (bicyclic) bond motifs is 1. The topological polar surface area (TPSA) is 74.5 Å². The van der Waals surface area contributed by atoms with Crippen molar-refractivity contribution in [2.45, 2.75) is 76.7 Å². The molecule has 1 amide bonds. The highest BCUT2D eigenvalue weighted by Crippen LogP contribution is 2.34. The van der Waals surface area contributed by atoms with Crippen molar-refractivity contribution in [3.8, 4) is 0 Å². The Kier molecular flexibility index (Phi) is 6.05. The molecule has 2 unspecified atom stereocenters. The van der Waals surface area contributed by atoms with Crippen LogP contribution in [0.3, 0.4) is 0 Å². The van der Waals surface area contributed by atoms with Crippen molar-refractivity contribution in [2.75, 3.05) is 13.1 Å². The van der Waals surface area contributed by atoms with Crippen LogP contribution >= 0.6 is 0 Å². The number of aliphatic hydroxyl groups excluding tert-OH is 1. The fraction of sp³-hybridized carbons (Fsp3) is 0.625. The third-order valence-electron chi connectivity index (χ3n) is 7.23. The Morgan fingerprint density at radius 3 is 2.68 bits per heavy atom. The molecule has 3 heterocycles. The lowest BCUT2D eigenvalue weighted by atomic mass is 9.86. The molecular formula is C24H33N5O2. The van der Waals surface area contributed by atoms with Gasteiger partial charge in [0, 0.05) is 32.6 Å². The summed E-state index contributed by atoms with van der Waals surface area (Å²) in [6, 6.07) is 10.4. The van der Waals surface area contributed by atoms with Crippen LogP contribution in [0.4, 0.5) is 0 Å². The van der Waals surface area contributed by atoms with Crippen molar-refractivity contribution in [2.24, 2.45) is 5.92 Å². The van der Waals surface area contributed by atoms with Gasteiger partial charge in [0.05, 0.1) is 18.7 Å². The van der Waals surface area contributed by atoms with Crippen LogP contribution in [-0.2, 0) is 24.4 Å². The zero-order valence-corrected chi connectivity index (χ0v) is 18.2. The van der Waals surface area contributed by atoms with E-state index in [1.54, 1.807) is 0 Å². The number of likely N-dealkylation sites (tertiary alicyclic amines) is 1. The van der Waals surface area contributed by atoms with Gasteiger partial charge in [-0.2, -0.15) is 0 Å². The highest BCUT2D eigenvalue weighted by atomic mass is 16.3. The molecule has 1 saturated heterocycles. The first-order chi connectivity index (χ1) is 15.2. The molecule has 0 bridgehead atoms. The van der Waals surface area contributed by atoms with Crippen LogP contribution in [-0.4, -0.2) is 54.8 Å². The Balaban J connectivity index is 1.27. The molecule has 1 aliphatic carbocycles. The van der Waals surface area contributed by atoms with Gasteiger partial charge in [-0.15, -0.1) is 10.2 Å². The average molecular weight is 424 g/mol. The molecule has 1 aromatic heterocycles. The summed E-state index contributed by atoms with van der Waals surface area (Å²) >= 11 is 0. The number of amides is 1. The Labute approximate surface area is 184 Å². The second-order valence-corrected chi connectivity index (χ2v) is 9.47. The van der Waals surface area contributed by atoms with Crippen molar-refractivity contribution in [3.05, 3.63) is 47.5 Å². The van der Waals surface area contributed by atoms with Crippen molar-refractivity contribution in [1.29, 1.82) is 0 Å². The van der Waals surface area contributed by atoms with Gasteiger partial charge < -0.3 is 14.6 Å². The van der Waals surface area contributed by atoms with E-state index in [2.05, 4.69) is 43.9 Å². The summed E-state index contributed by atoms with van der Waals surface area (Å²) in [6.07, 6.45) is 7.25. The predicted octanol–water partition coefficient (Wildman–Crippen LogP) is 2.90. The molecule has 1 N–H and O–H groups in total. The molecule has 5 rings (SSSR count). The minimum atomic E-state index is -0.348. The molecule has 2 aliphatic heterocycles. The molecule has 0 radical (unpaired) electrons. The molecule has 1 aromatic carbocycles. The van der Waals surface area contributed by atoms with E-state index in [0.29, 0.717) is 31.8 Å². The molecule has 166 valence electrons. The maximum absolute atomic E-state index is 12.9. The summed E-state index contributed by atoms with van der Waals surface area (Å²) < 4.78 is 2.19. The van der Waals surface area contributed by atoms with E-state index in [9.17, 15) is 9.90 Å². The van der Waals surface area contributed by atoms with Gasteiger partial charge in [0.25, 0.3) is 0 Å². The van der Waals surface area contributed by atoms with Crippen molar-refractivity contribution in [1.82, 2.24) is 24.6 Å². The zero-order valence-electron chi connectivity index (χ0n) is 18.2. The molecular weight excluding hydrogens is 390 g/mol. The number of nitrogens with zero attached hydrogens (tertiary/aromatic N) is 5. The molecule has 3 aliphatic rings. The van der Waals surface area contributed by atoms with E-state index in [4.69, 9.17) is 0 Å². The van der Waals surface area contributed by atoms with E-state index in [1.165, 1.54) is 37.7 Å². The quantitative estimate of drug-likeness (QED) is 0.800. The molecule has 31 heavy (non-hydrogen) atoms. The summed E-state index contributed by atoms with van der Waals surface area (Å²) in [6.45, 7) is 3.44. The van der Waals surface area contributed by atoms with E-state index in [-0.39, 0.29) is 18.1 Å². The molecule has 1 saturated carbocycles. The average Bonchev–Trinajstić information content (AvgIpc) is 3.37. The highest BCUT2D eigenvalue weighted by molar-refractivity contribution is 5.76.